The Labute approximate surface area is 181 Å². The molecule has 1 amide bonds. The number of carbonyl (C=O) groups excluding carboxylic acids is 2. The lowest BCUT2D eigenvalue weighted by Crippen LogP contribution is -2.31. The van der Waals surface area contributed by atoms with Crippen molar-refractivity contribution in [2.45, 2.75) is 25.7 Å². The Morgan fingerprint density at radius 2 is 1.94 bits per heavy atom. The second-order valence-electron chi connectivity index (χ2n) is 7.57. The van der Waals surface area contributed by atoms with Crippen LogP contribution in [-0.2, 0) is 20.7 Å². The molecule has 0 saturated heterocycles. The minimum atomic E-state index is -0.444. The van der Waals surface area contributed by atoms with Gasteiger partial charge in [0, 0.05) is 25.5 Å². The first-order chi connectivity index (χ1) is 15.0. The zero-order valence-corrected chi connectivity index (χ0v) is 17.6. The number of fused-ring (bicyclic) bond motifs is 2. The monoisotopic (exact) mass is 414 g/mol. The van der Waals surface area contributed by atoms with E-state index in [1.165, 1.54) is 18.9 Å². The minimum absolute atomic E-state index is 0.221. The molecule has 0 spiro atoms. The summed E-state index contributed by atoms with van der Waals surface area (Å²) in [5.74, 6) is -0.210. The van der Waals surface area contributed by atoms with Crippen molar-refractivity contribution in [2.24, 2.45) is 0 Å². The van der Waals surface area contributed by atoms with Gasteiger partial charge in [0.15, 0.2) is 0 Å². The van der Waals surface area contributed by atoms with Gasteiger partial charge in [-0.3, -0.25) is 9.69 Å². The van der Waals surface area contributed by atoms with Gasteiger partial charge in [-0.15, -0.1) is 0 Å². The number of amides is 1. The normalized spacial score (nSPS) is 17.2. The average Bonchev–Trinajstić information content (AvgIpc) is 2.81. The minimum Gasteiger partial charge on any atom is -0.465 e. The van der Waals surface area contributed by atoms with Gasteiger partial charge in [-0.2, -0.15) is 5.26 Å². The Balaban J connectivity index is 1.95. The topological polar surface area (TPSA) is 79.6 Å². The summed E-state index contributed by atoms with van der Waals surface area (Å²) in [5.41, 5.74) is 4.63. The fourth-order valence-electron chi connectivity index (χ4n) is 4.20. The quantitative estimate of drug-likeness (QED) is 0.705. The molecular formula is C25H22N2O4. The molecule has 1 atom stereocenters. The molecule has 0 N–H and O–H groups in total. The maximum absolute atomic E-state index is 12.2. The first-order valence-electron chi connectivity index (χ1n) is 10.0. The van der Waals surface area contributed by atoms with Crippen LogP contribution in [0.5, 0.6) is 0 Å². The van der Waals surface area contributed by atoms with Crippen LogP contribution in [0.3, 0.4) is 0 Å². The standard InChI is InChI=1S/C25H22N2O4/c1-15(28)27(2)24-21(14-26)22(17-8-6-9-18(13-17)25(29)30-3)20-12-11-16-7-4-5-10-19(16)23(20)31-24/h4-10,13,22H,11-12H2,1-3H3. The van der Waals surface area contributed by atoms with Gasteiger partial charge in [0.1, 0.15) is 17.4 Å². The van der Waals surface area contributed by atoms with E-state index in [-0.39, 0.29) is 11.8 Å². The van der Waals surface area contributed by atoms with Gasteiger partial charge >= 0.3 is 5.97 Å². The van der Waals surface area contributed by atoms with E-state index < -0.39 is 11.9 Å². The Morgan fingerprint density at radius 3 is 2.65 bits per heavy atom. The van der Waals surface area contributed by atoms with Crippen molar-refractivity contribution in [3.05, 3.63) is 87.8 Å². The van der Waals surface area contributed by atoms with Crippen molar-refractivity contribution in [1.29, 1.82) is 5.26 Å². The number of allylic oxidation sites excluding steroid dienone is 2. The smallest absolute Gasteiger partial charge is 0.337 e. The molecule has 156 valence electrons. The molecule has 2 aromatic carbocycles. The molecule has 0 fully saturated rings. The molecule has 1 aliphatic carbocycles. The van der Waals surface area contributed by atoms with Crippen LogP contribution in [0.25, 0.3) is 5.76 Å². The van der Waals surface area contributed by atoms with Crippen molar-refractivity contribution in [3.63, 3.8) is 0 Å². The number of esters is 1. The lowest BCUT2D eigenvalue weighted by molar-refractivity contribution is -0.127. The highest BCUT2D eigenvalue weighted by molar-refractivity contribution is 5.89. The summed E-state index contributed by atoms with van der Waals surface area (Å²) in [7, 11) is 2.93. The van der Waals surface area contributed by atoms with Crippen molar-refractivity contribution in [1.82, 2.24) is 4.90 Å². The lowest BCUT2D eigenvalue weighted by Gasteiger charge is -2.36. The molecule has 0 radical (unpaired) electrons. The van der Waals surface area contributed by atoms with Crippen LogP contribution in [0.2, 0.25) is 0 Å². The van der Waals surface area contributed by atoms with Crippen molar-refractivity contribution < 1.29 is 19.1 Å². The third-order valence-corrected chi connectivity index (χ3v) is 5.82. The van der Waals surface area contributed by atoms with Gasteiger partial charge in [0.2, 0.25) is 11.8 Å². The summed E-state index contributed by atoms with van der Waals surface area (Å²) in [6.07, 6.45) is 1.53. The van der Waals surface area contributed by atoms with Crippen molar-refractivity contribution in [2.75, 3.05) is 14.2 Å². The summed E-state index contributed by atoms with van der Waals surface area (Å²) in [4.78, 5) is 25.6. The van der Waals surface area contributed by atoms with Gasteiger partial charge in [-0.1, -0.05) is 36.4 Å². The molecule has 0 aromatic heterocycles. The number of hydrogen-bond donors (Lipinski definition) is 0. The first kappa shape index (κ1) is 20.4. The van der Waals surface area contributed by atoms with Crippen LogP contribution in [0.1, 0.15) is 46.3 Å². The summed E-state index contributed by atoms with van der Waals surface area (Å²) in [6.45, 7) is 1.43. The molecule has 6 heteroatoms. The third-order valence-electron chi connectivity index (χ3n) is 5.82. The number of nitrogens with zero attached hydrogens (tertiary/aromatic N) is 2. The third kappa shape index (κ3) is 3.49. The van der Waals surface area contributed by atoms with Crippen LogP contribution in [0.4, 0.5) is 0 Å². The van der Waals surface area contributed by atoms with Crippen LogP contribution in [0.15, 0.2) is 65.6 Å². The van der Waals surface area contributed by atoms with E-state index in [1.54, 1.807) is 25.2 Å². The maximum atomic E-state index is 12.2. The Kier molecular flexibility index (Phi) is 5.35. The van der Waals surface area contributed by atoms with E-state index in [4.69, 9.17) is 9.47 Å². The number of benzene rings is 2. The summed E-state index contributed by atoms with van der Waals surface area (Å²) < 4.78 is 11.1. The number of nitriles is 1. The molecule has 31 heavy (non-hydrogen) atoms. The van der Waals surface area contributed by atoms with Gasteiger partial charge < -0.3 is 9.47 Å². The zero-order valence-electron chi connectivity index (χ0n) is 17.6. The van der Waals surface area contributed by atoms with E-state index >= 15 is 0 Å². The van der Waals surface area contributed by atoms with Gasteiger partial charge in [-0.05, 0) is 41.7 Å². The highest BCUT2D eigenvalue weighted by Crippen LogP contribution is 2.48. The van der Waals surface area contributed by atoms with Crippen LogP contribution < -0.4 is 0 Å². The number of hydrogen-bond acceptors (Lipinski definition) is 5. The van der Waals surface area contributed by atoms with Crippen LogP contribution in [-0.4, -0.2) is 30.9 Å². The fourth-order valence-corrected chi connectivity index (χ4v) is 4.20. The second kappa shape index (κ2) is 8.11. The maximum Gasteiger partial charge on any atom is 0.337 e. The highest BCUT2D eigenvalue weighted by atomic mass is 16.5. The van der Waals surface area contributed by atoms with E-state index in [0.29, 0.717) is 23.3 Å². The Bertz CT molecular complexity index is 1190. The second-order valence-corrected chi connectivity index (χ2v) is 7.57. The fraction of sp³-hybridized carbons (Fsp3) is 0.240. The lowest BCUT2D eigenvalue weighted by atomic mass is 9.76. The summed E-state index contributed by atoms with van der Waals surface area (Å²) >= 11 is 0. The first-order valence-corrected chi connectivity index (χ1v) is 10.0. The van der Waals surface area contributed by atoms with E-state index in [1.807, 2.05) is 24.3 Å². The molecule has 4 rings (SSSR count). The number of rotatable bonds is 3. The number of carbonyl (C=O) groups is 2. The molecule has 1 unspecified atom stereocenters. The van der Waals surface area contributed by atoms with Crippen molar-refractivity contribution in [3.8, 4) is 6.07 Å². The number of methoxy groups -OCH3 is 1. The molecule has 0 bridgehead atoms. The van der Waals surface area contributed by atoms with Gasteiger partial charge in [-0.25, -0.2) is 4.79 Å². The molecule has 2 aliphatic rings. The van der Waals surface area contributed by atoms with E-state index in [0.717, 1.165) is 28.7 Å². The van der Waals surface area contributed by atoms with Gasteiger partial charge in [0.05, 0.1) is 12.7 Å². The predicted octanol–water partition coefficient (Wildman–Crippen LogP) is 4.16. The Hall–Kier alpha value is -3.85. The zero-order chi connectivity index (χ0) is 22.1. The van der Waals surface area contributed by atoms with Crippen LogP contribution in [0, 0.1) is 11.3 Å². The number of ether oxygens (including phenoxy) is 2. The highest BCUT2D eigenvalue weighted by Gasteiger charge is 2.38. The SMILES string of the molecule is COC(=O)c1cccc(C2C(C#N)=C(N(C)C(C)=O)OC3=C2CCc2ccccc23)c1. The number of aryl methyl sites for hydroxylation is 1. The molecule has 2 aromatic rings. The largest absolute Gasteiger partial charge is 0.465 e. The van der Waals surface area contributed by atoms with E-state index in [2.05, 4.69) is 12.1 Å². The Morgan fingerprint density at radius 1 is 1.16 bits per heavy atom. The van der Waals surface area contributed by atoms with E-state index in [9.17, 15) is 14.9 Å². The van der Waals surface area contributed by atoms with Gasteiger partial charge in [0.25, 0.3) is 0 Å². The molecule has 1 aliphatic heterocycles. The predicted molar refractivity (Wildman–Crippen MR) is 114 cm³/mol. The molecule has 0 saturated carbocycles. The summed E-state index contributed by atoms with van der Waals surface area (Å²) in [5, 5.41) is 10.1. The van der Waals surface area contributed by atoms with Crippen molar-refractivity contribution >= 4 is 17.6 Å². The molecular weight excluding hydrogens is 392 g/mol. The summed E-state index contributed by atoms with van der Waals surface area (Å²) in [6, 6.07) is 17.3. The van der Waals surface area contributed by atoms with Crippen LogP contribution >= 0.6 is 0 Å². The molecule has 1 heterocycles. The average molecular weight is 414 g/mol. The molecule has 6 nitrogen and oxygen atoms in total.